The van der Waals surface area contributed by atoms with Crippen molar-refractivity contribution in [2.75, 3.05) is 0 Å². The third-order valence-corrected chi connectivity index (χ3v) is 3.19. The van der Waals surface area contributed by atoms with Gasteiger partial charge in [-0.05, 0) is 25.3 Å². The summed E-state index contributed by atoms with van der Waals surface area (Å²) >= 11 is 0. The first-order chi connectivity index (χ1) is 10.5. The first-order valence-corrected chi connectivity index (χ1v) is 6.90. The molecular weight excluding hydrogens is 284 g/mol. The van der Waals surface area contributed by atoms with Crippen LogP contribution in [0.3, 0.4) is 0 Å². The van der Waals surface area contributed by atoms with Crippen LogP contribution in [0.15, 0.2) is 24.3 Å². The van der Waals surface area contributed by atoms with Gasteiger partial charge in [0.15, 0.2) is 0 Å². The van der Waals surface area contributed by atoms with Crippen molar-refractivity contribution >= 4 is 11.9 Å². The zero-order valence-electron chi connectivity index (χ0n) is 12.2. The Morgan fingerprint density at radius 2 is 1.86 bits per heavy atom. The maximum absolute atomic E-state index is 11.8. The number of ether oxygens (including phenoxy) is 1. The molecule has 0 fully saturated rings. The molecule has 118 valence electrons. The van der Waals surface area contributed by atoms with Gasteiger partial charge in [-0.3, -0.25) is 9.59 Å². The minimum Gasteiger partial charge on any atom is -0.480 e. The Morgan fingerprint density at radius 1 is 1.23 bits per heavy atom. The van der Waals surface area contributed by atoms with Crippen molar-refractivity contribution in [1.29, 1.82) is 0 Å². The fourth-order valence-electron chi connectivity index (χ4n) is 1.84. The van der Waals surface area contributed by atoms with Crippen molar-refractivity contribution in [2.24, 2.45) is 11.5 Å². The molecule has 0 spiro atoms. The van der Waals surface area contributed by atoms with Crippen molar-refractivity contribution in [3.63, 3.8) is 0 Å². The highest BCUT2D eigenvalue weighted by Crippen LogP contribution is 2.10. The second kappa shape index (κ2) is 8.82. The average Bonchev–Trinajstić information content (AvgIpc) is 2.52. The van der Waals surface area contributed by atoms with E-state index in [1.807, 2.05) is 0 Å². The van der Waals surface area contributed by atoms with Gasteiger partial charge in [-0.15, -0.1) is 6.42 Å². The number of nitrogens with two attached hydrogens (primary N) is 2. The number of carbonyl (C=O) groups excluding carboxylic acids is 1. The smallest absolute Gasteiger partial charge is 0.323 e. The number of carbonyl (C=O) groups is 2. The van der Waals surface area contributed by atoms with Crippen LogP contribution >= 0.6 is 0 Å². The Morgan fingerprint density at radius 3 is 2.50 bits per heavy atom. The standard InChI is InChI=1S/C16H20N2O4/c1-2-11-6-3-4-7-12(11)10-22-16(21)14(18)9-5-8-13(17)15(19)20/h1,3-4,6-7,13-14H,5,8-10,17-18H2,(H,19,20)/t13-,14?/m0/s1. The van der Waals surface area contributed by atoms with Crippen molar-refractivity contribution in [1.82, 2.24) is 0 Å². The van der Waals surface area contributed by atoms with Crippen molar-refractivity contribution < 1.29 is 19.4 Å². The van der Waals surface area contributed by atoms with Gasteiger partial charge in [0.2, 0.25) is 0 Å². The summed E-state index contributed by atoms with van der Waals surface area (Å²) in [5.74, 6) is 0.901. The number of hydrogen-bond acceptors (Lipinski definition) is 5. The maximum atomic E-state index is 11.8. The van der Waals surface area contributed by atoms with Crippen LogP contribution in [0.2, 0.25) is 0 Å². The van der Waals surface area contributed by atoms with Gasteiger partial charge in [-0.2, -0.15) is 0 Å². The minimum absolute atomic E-state index is 0.0571. The van der Waals surface area contributed by atoms with E-state index in [9.17, 15) is 9.59 Å². The lowest BCUT2D eigenvalue weighted by molar-refractivity contribution is -0.146. The summed E-state index contributed by atoms with van der Waals surface area (Å²) in [4.78, 5) is 22.3. The number of aliphatic carboxylic acids is 1. The molecule has 1 aromatic rings. The molecule has 1 rings (SSSR count). The molecule has 0 aromatic heterocycles. The van der Waals surface area contributed by atoms with E-state index in [0.29, 0.717) is 18.4 Å². The average molecular weight is 304 g/mol. The second-order valence-corrected chi connectivity index (χ2v) is 4.89. The van der Waals surface area contributed by atoms with Gasteiger partial charge in [-0.1, -0.05) is 24.1 Å². The summed E-state index contributed by atoms with van der Waals surface area (Å²) in [7, 11) is 0. The molecule has 2 atom stereocenters. The largest absolute Gasteiger partial charge is 0.480 e. The summed E-state index contributed by atoms with van der Waals surface area (Å²) in [5.41, 5.74) is 12.5. The summed E-state index contributed by atoms with van der Waals surface area (Å²) in [6.07, 6.45) is 6.37. The Kier molecular flexibility index (Phi) is 7.09. The number of rotatable bonds is 8. The zero-order chi connectivity index (χ0) is 16.5. The Hall–Kier alpha value is -2.36. The van der Waals surface area contributed by atoms with Crippen LogP contribution in [-0.2, 0) is 20.9 Å². The summed E-state index contributed by atoms with van der Waals surface area (Å²) < 4.78 is 5.13. The van der Waals surface area contributed by atoms with Gasteiger partial charge in [0, 0.05) is 11.1 Å². The monoisotopic (exact) mass is 304 g/mol. The maximum Gasteiger partial charge on any atom is 0.323 e. The van der Waals surface area contributed by atoms with Crippen LogP contribution in [0.25, 0.3) is 0 Å². The van der Waals surface area contributed by atoms with Crippen LogP contribution < -0.4 is 11.5 Å². The van der Waals surface area contributed by atoms with Crippen LogP contribution in [0.5, 0.6) is 0 Å². The SMILES string of the molecule is C#Cc1ccccc1COC(=O)C(N)CCC[C@H](N)C(=O)O. The Balaban J connectivity index is 2.39. The van der Waals surface area contributed by atoms with Gasteiger partial charge in [0.1, 0.15) is 18.7 Å². The quantitative estimate of drug-likeness (QED) is 0.479. The summed E-state index contributed by atoms with van der Waals surface area (Å²) in [5, 5.41) is 8.65. The fourth-order valence-corrected chi connectivity index (χ4v) is 1.84. The highest BCUT2D eigenvalue weighted by atomic mass is 16.5. The van der Waals surface area contributed by atoms with Crippen molar-refractivity contribution in [3.8, 4) is 12.3 Å². The van der Waals surface area contributed by atoms with E-state index in [2.05, 4.69) is 5.92 Å². The first-order valence-electron chi connectivity index (χ1n) is 6.90. The van der Waals surface area contributed by atoms with Crippen molar-refractivity contribution in [3.05, 3.63) is 35.4 Å². The molecule has 0 heterocycles. The summed E-state index contributed by atoms with van der Waals surface area (Å²) in [6, 6.07) is 5.40. The number of esters is 1. The van der Waals surface area contributed by atoms with Crippen LogP contribution in [0.4, 0.5) is 0 Å². The molecule has 1 aromatic carbocycles. The zero-order valence-corrected chi connectivity index (χ0v) is 12.2. The van der Waals surface area contributed by atoms with Crippen LogP contribution in [0.1, 0.15) is 30.4 Å². The van der Waals surface area contributed by atoms with Gasteiger partial charge in [-0.25, -0.2) is 0 Å². The highest BCUT2D eigenvalue weighted by molar-refractivity contribution is 5.75. The third-order valence-electron chi connectivity index (χ3n) is 3.19. The topological polar surface area (TPSA) is 116 Å². The van der Waals surface area contributed by atoms with Gasteiger partial charge >= 0.3 is 11.9 Å². The lowest BCUT2D eigenvalue weighted by atomic mass is 10.1. The van der Waals surface area contributed by atoms with Crippen molar-refractivity contribution in [2.45, 2.75) is 38.0 Å². The van der Waals surface area contributed by atoms with E-state index in [1.54, 1.807) is 24.3 Å². The molecule has 0 amide bonds. The van der Waals surface area contributed by atoms with E-state index in [-0.39, 0.29) is 13.0 Å². The molecule has 0 saturated heterocycles. The molecule has 0 aliphatic carbocycles. The molecule has 22 heavy (non-hydrogen) atoms. The molecule has 6 nitrogen and oxygen atoms in total. The molecule has 0 saturated carbocycles. The molecule has 0 radical (unpaired) electrons. The van der Waals surface area contributed by atoms with Gasteiger partial charge < -0.3 is 21.3 Å². The van der Waals surface area contributed by atoms with E-state index >= 15 is 0 Å². The van der Waals surface area contributed by atoms with Gasteiger partial charge in [0.25, 0.3) is 0 Å². The number of hydrogen-bond donors (Lipinski definition) is 3. The molecule has 0 aliphatic heterocycles. The lowest BCUT2D eigenvalue weighted by Crippen LogP contribution is -2.34. The van der Waals surface area contributed by atoms with Crippen LogP contribution in [-0.4, -0.2) is 29.1 Å². The predicted octanol–water partition coefficient (Wildman–Crippen LogP) is 0.621. The second-order valence-electron chi connectivity index (χ2n) is 4.89. The molecule has 0 bridgehead atoms. The third kappa shape index (κ3) is 5.56. The van der Waals surface area contributed by atoms with E-state index in [1.165, 1.54) is 0 Å². The number of carboxylic acids is 1. The first kappa shape index (κ1) is 17.7. The molecule has 6 heteroatoms. The molecule has 0 aliphatic rings. The van der Waals surface area contributed by atoms with Crippen LogP contribution in [0, 0.1) is 12.3 Å². The number of benzene rings is 1. The summed E-state index contributed by atoms with van der Waals surface area (Å²) in [6.45, 7) is 0.0571. The molecular formula is C16H20N2O4. The fraction of sp³-hybridized carbons (Fsp3) is 0.375. The number of carboxylic acid groups (broad SMARTS) is 1. The Labute approximate surface area is 129 Å². The highest BCUT2D eigenvalue weighted by Gasteiger charge is 2.17. The normalized spacial score (nSPS) is 13.0. The molecule has 1 unspecified atom stereocenters. The lowest BCUT2D eigenvalue weighted by Gasteiger charge is -2.13. The number of terminal acetylenes is 1. The van der Waals surface area contributed by atoms with E-state index in [0.717, 1.165) is 5.56 Å². The van der Waals surface area contributed by atoms with E-state index < -0.39 is 24.0 Å². The Bertz CT molecular complexity index is 566. The minimum atomic E-state index is -1.07. The van der Waals surface area contributed by atoms with E-state index in [4.69, 9.17) is 27.7 Å². The molecule has 5 N–H and O–H groups in total. The van der Waals surface area contributed by atoms with Gasteiger partial charge in [0.05, 0.1) is 0 Å². The predicted molar refractivity (Wildman–Crippen MR) is 81.6 cm³/mol.